The lowest BCUT2D eigenvalue weighted by Crippen LogP contribution is -2.48. The van der Waals surface area contributed by atoms with Crippen molar-refractivity contribution in [2.45, 2.75) is 13.0 Å². The van der Waals surface area contributed by atoms with Crippen molar-refractivity contribution in [3.63, 3.8) is 0 Å². The van der Waals surface area contributed by atoms with E-state index in [2.05, 4.69) is 27.7 Å². The van der Waals surface area contributed by atoms with Crippen LogP contribution in [0.2, 0.25) is 0 Å². The van der Waals surface area contributed by atoms with E-state index >= 15 is 0 Å². The second-order valence-corrected chi connectivity index (χ2v) is 8.44. The summed E-state index contributed by atoms with van der Waals surface area (Å²) in [4.78, 5) is 31.2. The van der Waals surface area contributed by atoms with Crippen LogP contribution in [0.15, 0.2) is 72.1 Å². The molecule has 0 unspecified atom stereocenters. The van der Waals surface area contributed by atoms with Gasteiger partial charge in [-0.3, -0.25) is 14.5 Å². The Morgan fingerprint density at radius 2 is 1.60 bits per heavy atom. The first-order valence-electron chi connectivity index (χ1n) is 10.2. The third-order valence-electron chi connectivity index (χ3n) is 5.26. The number of para-hydroxylation sites is 1. The Balaban J connectivity index is 1.37. The van der Waals surface area contributed by atoms with Crippen LogP contribution in [0.5, 0.6) is 0 Å². The molecule has 4 rings (SSSR count). The maximum atomic E-state index is 13.1. The fourth-order valence-corrected chi connectivity index (χ4v) is 4.40. The molecule has 1 aliphatic rings. The molecule has 0 spiro atoms. The quantitative estimate of drug-likeness (QED) is 0.660. The normalized spacial score (nSPS) is 14.5. The average molecular weight is 420 g/mol. The van der Waals surface area contributed by atoms with Gasteiger partial charge in [-0.1, -0.05) is 48.5 Å². The number of carbonyl (C=O) groups excluding carboxylic acids is 2. The van der Waals surface area contributed by atoms with Crippen LogP contribution in [0.4, 0.5) is 5.69 Å². The van der Waals surface area contributed by atoms with Crippen molar-refractivity contribution in [3.8, 4) is 0 Å². The number of anilines is 1. The number of piperazine rings is 1. The average Bonchev–Trinajstić information content (AvgIpc) is 3.28. The lowest BCUT2D eigenvalue weighted by molar-refractivity contribution is -0.115. The van der Waals surface area contributed by atoms with Crippen LogP contribution in [0.25, 0.3) is 0 Å². The number of thiophene rings is 1. The van der Waals surface area contributed by atoms with E-state index in [1.54, 1.807) is 23.5 Å². The van der Waals surface area contributed by atoms with E-state index in [-0.39, 0.29) is 18.2 Å². The highest BCUT2D eigenvalue weighted by molar-refractivity contribution is 7.09. The van der Waals surface area contributed by atoms with Gasteiger partial charge in [0.1, 0.15) is 0 Å². The first-order valence-corrected chi connectivity index (χ1v) is 11.0. The van der Waals surface area contributed by atoms with E-state index in [1.165, 1.54) is 4.88 Å². The van der Waals surface area contributed by atoms with Crippen molar-refractivity contribution < 1.29 is 9.59 Å². The Morgan fingerprint density at radius 3 is 2.33 bits per heavy atom. The maximum Gasteiger partial charge on any atom is 0.256 e. The fourth-order valence-electron chi connectivity index (χ4n) is 3.66. The molecule has 1 N–H and O–H groups in total. The van der Waals surface area contributed by atoms with Gasteiger partial charge in [0, 0.05) is 37.6 Å². The van der Waals surface area contributed by atoms with Crippen molar-refractivity contribution in [3.05, 3.63) is 88.1 Å². The molecule has 1 aliphatic heterocycles. The third-order valence-corrected chi connectivity index (χ3v) is 6.12. The van der Waals surface area contributed by atoms with E-state index in [4.69, 9.17) is 0 Å². The molecule has 3 aromatic rings. The molecule has 2 aromatic carbocycles. The number of rotatable bonds is 6. The molecule has 0 atom stereocenters. The van der Waals surface area contributed by atoms with Gasteiger partial charge in [0.05, 0.1) is 17.7 Å². The lowest BCUT2D eigenvalue weighted by Gasteiger charge is -2.34. The second kappa shape index (κ2) is 9.69. The van der Waals surface area contributed by atoms with Crippen LogP contribution in [0.1, 0.15) is 20.8 Å². The van der Waals surface area contributed by atoms with Crippen molar-refractivity contribution in [1.82, 2.24) is 9.80 Å². The van der Waals surface area contributed by atoms with Crippen LogP contribution in [0, 0.1) is 0 Å². The van der Waals surface area contributed by atoms with Crippen LogP contribution in [-0.2, 0) is 17.8 Å². The summed E-state index contributed by atoms with van der Waals surface area (Å²) in [6.45, 7) is 4.02. The van der Waals surface area contributed by atoms with E-state index in [0.717, 1.165) is 25.2 Å². The SMILES string of the molecule is O=C(Cc1ccccc1)Nc1ccccc1C(=O)N1CCN(Cc2cccs2)CC1. The Morgan fingerprint density at radius 1 is 0.867 bits per heavy atom. The molecule has 6 heteroatoms. The van der Waals surface area contributed by atoms with E-state index in [0.29, 0.717) is 24.3 Å². The molecule has 0 radical (unpaired) electrons. The standard InChI is InChI=1S/C24H25N3O2S/c28-23(17-19-7-2-1-3-8-19)25-22-11-5-4-10-21(22)24(29)27-14-12-26(13-15-27)18-20-9-6-16-30-20/h1-11,16H,12-15,17-18H2,(H,25,28). The molecule has 1 saturated heterocycles. The van der Waals surface area contributed by atoms with Gasteiger partial charge in [0.25, 0.3) is 5.91 Å². The molecular formula is C24H25N3O2S. The first kappa shape index (κ1) is 20.3. The van der Waals surface area contributed by atoms with Gasteiger partial charge in [-0.05, 0) is 29.1 Å². The van der Waals surface area contributed by atoms with E-state index in [1.807, 2.05) is 47.4 Å². The van der Waals surface area contributed by atoms with Crippen molar-refractivity contribution in [1.29, 1.82) is 0 Å². The molecule has 5 nitrogen and oxygen atoms in total. The zero-order valence-electron chi connectivity index (χ0n) is 16.8. The number of hydrogen-bond donors (Lipinski definition) is 1. The number of carbonyl (C=O) groups is 2. The fraction of sp³-hybridized carbons (Fsp3) is 0.250. The molecule has 1 fully saturated rings. The van der Waals surface area contributed by atoms with Crippen LogP contribution < -0.4 is 5.32 Å². The zero-order valence-corrected chi connectivity index (χ0v) is 17.6. The summed E-state index contributed by atoms with van der Waals surface area (Å²) >= 11 is 1.77. The number of nitrogens with one attached hydrogen (secondary N) is 1. The van der Waals surface area contributed by atoms with E-state index in [9.17, 15) is 9.59 Å². The maximum absolute atomic E-state index is 13.1. The number of hydrogen-bond acceptors (Lipinski definition) is 4. The van der Waals surface area contributed by atoms with Crippen LogP contribution in [-0.4, -0.2) is 47.8 Å². The molecule has 154 valence electrons. The topological polar surface area (TPSA) is 52.7 Å². The summed E-state index contributed by atoms with van der Waals surface area (Å²) in [6.07, 6.45) is 0.282. The van der Waals surface area contributed by atoms with Gasteiger partial charge in [-0.15, -0.1) is 11.3 Å². The lowest BCUT2D eigenvalue weighted by atomic mass is 10.1. The highest BCUT2D eigenvalue weighted by Gasteiger charge is 2.24. The minimum atomic E-state index is -0.123. The van der Waals surface area contributed by atoms with E-state index < -0.39 is 0 Å². The summed E-state index contributed by atoms with van der Waals surface area (Å²) in [5.41, 5.74) is 2.07. The van der Waals surface area contributed by atoms with Gasteiger partial charge in [0.15, 0.2) is 0 Å². The summed E-state index contributed by atoms with van der Waals surface area (Å²) in [5.74, 6) is -0.149. The minimum absolute atomic E-state index is 0.0265. The highest BCUT2D eigenvalue weighted by Crippen LogP contribution is 2.20. The predicted octanol–water partition coefficient (Wildman–Crippen LogP) is 3.89. The number of amides is 2. The zero-order chi connectivity index (χ0) is 20.8. The number of nitrogens with zero attached hydrogens (tertiary/aromatic N) is 2. The van der Waals surface area contributed by atoms with Gasteiger partial charge >= 0.3 is 0 Å². The monoisotopic (exact) mass is 419 g/mol. The van der Waals surface area contributed by atoms with Crippen molar-refractivity contribution in [2.75, 3.05) is 31.5 Å². The molecular weight excluding hydrogens is 394 g/mol. The van der Waals surface area contributed by atoms with Crippen LogP contribution in [0.3, 0.4) is 0 Å². The second-order valence-electron chi connectivity index (χ2n) is 7.40. The van der Waals surface area contributed by atoms with Gasteiger partial charge < -0.3 is 10.2 Å². The number of benzene rings is 2. The summed E-state index contributed by atoms with van der Waals surface area (Å²) in [6, 6.07) is 21.1. The molecule has 2 heterocycles. The summed E-state index contributed by atoms with van der Waals surface area (Å²) in [7, 11) is 0. The first-order chi connectivity index (χ1) is 14.7. The van der Waals surface area contributed by atoms with Crippen LogP contribution >= 0.6 is 11.3 Å². The molecule has 0 aliphatic carbocycles. The molecule has 1 aromatic heterocycles. The Bertz CT molecular complexity index is 981. The summed E-state index contributed by atoms with van der Waals surface area (Å²) in [5, 5.41) is 5.02. The smallest absolute Gasteiger partial charge is 0.256 e. The Labute approximate surface area is 180 Å². The van der Waals surface area contributed by atoms with Crippen molar-refractivity contribution in [2.24, 2.45) is 0 Å². The Hall–Kier alpha value is -2.96. The molecule has 30 heavy (non-hydrogen) atoms. The van der Waals surface area contributed by atoms with Crippen molar-refractivity contribution >= 4 is 28.8 Å². The largest absolute Gasteiger partial charge is 0.336 e. The molecule has 0 bridgehead atoms. The van der Waals surface area contributed by atoms with Gasteiger partial charge in [-0.2, -0.15) is 0 Å². The van der Waals surface area contributed by atoms with Gasteiger partial charge in [0.2, 0.25) is 5.91 Å². The third kappa shape index (κ3) is 5.14. The van der Waals surface area contributed by atoms with Gasteiger partial charge in [-0.25, -0.2) is 0 Å². The minimum Gasteiger partial charge on any atom is -0.336 e. The molecule has 2 amide bonds. The highest BCUT2D eigenvalue weighted by atomic mass is 32.1. The Kier molecular flexibility index (Phi) is 6.57. The predicted molar refractivity (Wildman–Crippen MR) is 121 cm³/mol. The molecule has 0 saturated carbocycles. The summed E-state index contributed by atoms with van der Waals surface area (Å²) < 4.78 is 0.